The number of benzene rings is 1. The van der Waals surface area contributed by atoms with Gasteiger partial charge in [0.2, 0.25) is 0 Å². The Hall–Kier alpha value is -2.08. The summed E-state index contributed by atoms with van der Waals surface area (Å²) in [5.41, 5.74) is 0.876. The molecule has 4 aliphatic carbocycles. The summed E-state index contributed by atoms with van der Waals surface area (Å²) < 4.78 is 11.0. The van der Waals surface area contributed by atoms with Gasteiger partial charge in [0.25, 0.3) is 0 Å². The maximum atomic E-state index is 13.4. The minimum Gasteiger partial charge on any atom is -0.381 e. The molecular formula is C20H19N3O3. The Morgan fingerprint density at radius 3 is 2.00 bits per heavy atom. The highest BCUT2D eigenvalue weighted by Crippen LogP contribution is 3.03. The van der Waals surface area contributed by atoms with E-state index < -0.39 is 0 Å². The summed E-state index contributed by atoms with van der Waals surface area (Å²) in [6.07, 6.45) is 2.13. The van der Waals surface area contributed by atoms with Crippen molar-refractivity contribution < 1.29 is 4.74 Å². The minimum atomic E-state index is -0.138. The third-order valence-corrected chi connectivity index (χ3v) is 9.12. The highest BCUT2D eigenvalue weighted by atomic mass is 16.5. The van der Waals surface area contributed by atoms with Gasteiger partial charge in [-0.2, -0.15) is 0 Å². The van der Waals surface area contributed by atoms with Crippen molar-refractivity contribution in [2.45, 2.75) is 24.9 Å². The lowest BCUT2D eigenvalue weighted by atomic mass is 9.69. The van der Waals surface area contributed by atoms with E-state index in [2.05, 4.69) is 0 Å². The second-order valence-corrected chi connectivity index (χ2v) is 9.22. The van der Waals surface area contributed by atoms with Crippen LogP contribution in [0.15, 0.2) is 39.9 Å². The molecule has 0 amide bonds. The van der Waals surface area contributed by atoms with E-state index in [9.17, 15) is 9.59 Å². The largest absolute Gasteiger partial charge is 0.381 e. The van der Waals surface area contributed by atoms with Crippen molar-refractivity contribution in [3.63, 3.8) is 0 Å². The smallest absolute Gasteiger partial charge is 0.352 e. The number of ether oxygens (including phenoxy) is 1. The molecule has 4 saturated carbocycles. The van der Waals surface area contributed by atoms with Crippen LogP contribution in [0.3, 0.4) is 0 Å². The van der Waals surface area contributed by atoms with Crippen molar-refractivity contribution in [1.29, 1.82) is 0 Å². The van der Waals surface area contributed by atoms with Crippen LogP contribution in [0.2, 0.25) is 0 Å². The van der Waals surface area contributed by atoms with Gasteiger partial charge in [-0.05, 0) is 48.6 Å². The lowest BCUT2D eigenvalue weighted by Gasteiger charge is -2.47. The van der Waals surface area contributed by atoms with E-state index in [0.717, 1.165) is 37.9 Å². The molecule has 5 fully saturated rings. The fourth-order valence-corrected chi connectivity index (χ4v) is 8.84. The normalized spacial score (nSPS) is 50.2. The Kier molecular flexibility index (Phi) is 1.78. The molecule has 6 nitrogen and oxygen atoms in total. The van der Waals surface area contributed by atoms with Gasteiger partial charge < -0.3 is 4.74 Å². The molecular weight excluding hydrogens is 330 g/mol. The monoisotopic (exact) mass is 349 g/mol. The molecule has 2 unspecified atom stereocenters. The van der Waals surface area contributed by atoms with Gasteiger partial charge in [0.15, 0.2) is 0 Å². The summed E-state index contributed by atoms with van der Waals surface area (Å²) in [7, 11) is 0. The molecule has 8 atom stereocenters. The zero-order valence-corrected chi connectivity index (χ0v) is 14.2. The summed E-state index contributed by atoms with van der Waals surface area (Å²) in [6, 6.07) is 9.83. The van der Waals surface area contributed by atoms with Crippen LogP contribution >= 0.6 is 0 Å². The number of aromatic nitrogens is 3. The zero-order chi connectivity index (χ0) is 17.0. The summed E-state index contributed by atoms with van der Waals surface area (Å²) in [4.78, 5) is 26.8. The molecule has 1 aromatic carbocycles. The van der Waals surface area contributed by atoms with Gasteiger partial charge in [-0.25, -0.2) is 23.5 Å². The van der Waals surface area contributed by atoms with Crippen molar-refractivity contribution >= 4 is 0 Å². The van der Waals surface area contributed by atoms with Crippen molar-refractivity contribution in [1.82, 2.24) is 13.9 Å². The molecule has 9 rings (SSSR count). The van der Waals surface area contributed by atoms with Gasteiger partial charge in [-0.15, -0.1) is 0 Å². The molecule has 132 valence electrons. The van der Waals surface area contributed by atoms with Gasteiger partial charge >= 0.3 is 11.4 Å². The average molecular weight is 349 g/mol. The molecule has 1 aromatic heterocycles. The molecule has 0 radical (unpaired) electrons. The molecule has 1 saturated heterocycles. The first-order valence-electron chi connectivity index (χ1n) is 9.84. The molecule has 26 heavy (non-hydrogen) atoms. The lowest BCUT2D eigenvalue weighted by Crippen LogP contribution is -2.52. The third kappa shape index (κ3) is 0.942. The minimum absolute atomic E-state index is 0.138. The molecule has 2 spiro atoms. The number of hydrogen-bond donors (Lipinski definition) is 0. The number of rotatable bonds is 1. The van der Waals surface area contributed by atoms with E-state index in [1.165, 1.54) is 4.57 Å². The number of para-hydroxylation sites is 1. The average Bonchev–Trinajstić information content (AvgIpc) is 3.42. The highest BCUT2D eigenvalue weighted by Gasteiger charge is 3.02. The maximum absolute atomic E-state index is 13.4. The van der Waals surface area contributed by atoms with Crippen LogP contribution in [0.4, 0.5) is 0 Å². The van der Waals surface area contributed by atoms with Gasteiger partial charge in [0.1, 0.15) is 0 Å². The van der Waals surface area contributed by atoms with Gasteiger partial charge in [0, 0.05) is 24.0 Å². The van der Waals surface area contributed by atoms with Crippen LogP contribution in [0, 0.1) is 34.5 Å². The molecule has 0 N–H and O–H groups in total. The van der Waals surface area contributed by atoms with Crippen LogP contribution in [-0.2, 0) is 4.74 Å². The van der Waals surface area contributed by atoms with Crippen LogP contribution < -0.4 is 11.4 Å². The van der Waals surface area contributed by atoms with Crippen LogP contribution in [0.25, 0.3) is 5.69 Å². The van der Waals surface area contributed by atoms with E-state index in [4.69, 9.17) is 4.74 Å². The fourth-order valence-electron chi connectivity index (χ4n) is 8.84. The molecule has 6 heteroatoms. The summed E-state index contributed by atoms with van der Waals surface area (Å²) in [6.45, 7) is 1.62. The topological polar surface area (TPSA) is 58.2 Å². The SMILES string of the molecule is O=c1n(-c2ccccc2)c(=O)n2n1[C@H]1[C@H]3C4C5[C@@]16CCOCC[C@]56[C@H]2[C@@H]43. The van der Waals surface area contributed by atoms with Crippen molar-refractivity contribution in [3.05, 3.63) is 51.3 Å². The van der Waals surface area contributed by atoms with E-state index in [1.54, 1.807) is 0 Å². The van der Waals surface area contributed by atoms with Crippen LogP contribution in [0.5, 0.6) is 0 Å². The summed E-state index contributed by atoms with van der Waals surface area (Å²) in [5.74, 6) is 2.77. The Morgan fingerprint density at radius 2 is 1.42 bits per heavy atom. The van der Waals surface area contributed by atoms with Crippen molar-refractivity contribution in [2.75, 3.05) is 13.2 Å². The molecule has 3 aliphatic heterocycles. The van der Waals surface area contributed by atoms with Crippen LogP contribution in [-0.4, -0.2) is 27.1 Å². The first-order valence-corrected chi connectivity index (χ1v) is 9.84. The third-order valence-electron chi connectivity index (χ3n) is 9.12. The van der Waals surface area contributed by atoms with Crippen molar-refractivity contribution in [3.8, 4) is 5.69 Å². The lowest BCUT2D eigenvalue weighted by molar-refractivity contribution is -0.00192. The molecule has 2 aromatic rings. The standard InChI is InChI=1S/C20H19N3O3/c24-17-21(10-4-2-1-3-5-10)18(25)23-16-13-11-12(13)15(22(17)23)19-6-8-26-9-7-20(16,19)14(11)19/h1-5,11-16H,6-9H2/t11?,12-,13-,14?,15-,16+,19-,20+/m0/s1. The second-order valence-electron chi connectivity index (χ2n) is 9.22. The van der Waals surface area contributed by atoms with E-state index in [-0.39, 0.29) is 34.3 Å². The number of nitrogens with zero attached hydrogens (tertiary/aromatic N) is 3. The Bertz CT molecular complexity index is 1060. The highest BCUT2D eigenvalue weighted by molar-refractivity contribution is 5.49. The molecule has 7 aliphatic rings. The quantitative estimate of drug-likeness (QED) is 0.777. The summed E-state index contributed by atoms with van der Waals surface area (Å²) >= 11 is 0. The first kappa shape index (κ1) is 13.1. The van der Waals surface area contributed by atoms with E-state index in [0.29, 0.717) is 17.5 Å². The fraction of sp³-hybridized carbons (Fsp3) is 0.600. The van der Waals surface area contributed by atoms with E-state index >= 15 is 0 Å². The van der Waals surface area contributed by atoms with Gasteiger partial charge in [-0.3, -0.25) is 0 Å². The second kappa shape index (κ2) is 3.52. The number of hydrogen-bond acceptors (Lipinski definition) is 3. The predicted molar refractivity (Wildman–Crippen MR) is 91.2 cm³/mol. The zero-order valence-electron chi connectivity index (χ0n) is 14.2. The summed E-state index contributed by atoms with van der Waals surface area (Å²) in [5, 5.41) is 0. The Morgan fingerprint density at radius 1 is 0.846 bits per heavy atom. The van der Waals surface area contributed by atoms with E-state index in [1.807, 2.05) is 39.7 Å². The molecule has 4 heterocycles. The molecule has 2 bridgehead atoms. The maximum Gasteiger partial charge on any atom is 0.352 e. The predicted octanol–water partition coefficient (Wildman–Crippen LogP) is 1.20. The Labute approximate surface area is 149 Å². The first-order chi connectivity index (χ1) is 12.7. The van der Waals surface area contributed by atoms with Gasteiger partial charge in [0.05, 0.1) is 17.8 Å². The van der Waals surface area contributed by atoms with Crippen LogP contribution in [0.1, 0.15) is 24.9 Å². The Balaban J connectivity index is 1.45. The van der Waals surface area contributed by atoms with Crippen molar-refractivity contribution in [2.24, 2.45) is 34.5 Å². The van der Waals surface area contributed by atoms with Gasteiger partial charge in [-0.1, -0.05) is 18.2 Å².